The molecule has 1 aliphatic rings. The Bertz CT molecular complexity index is 722. The molecular formula is C19H27N5O. The van der Waals surface area contributed by atoms with E-state index in [4.69, 9.17) is 0 Å². The van der Waals surface area contributed by atoms with Crippen molar-refractivity contribution < 1.29 is 4.79 Å². The van der Waals surface area contributed by atoms with E-state index in [1.807, 2.05) is 38.2 Å². The summed E-state index contributed by atoms with van der Waals surface area (Å²) in [5.74, 6) is 1.81. The number of aromatic nitrogens is 3. The van der Waals surface area contributed by atoms with Crippen LogP contribution >= 0.6 is 0 Å². The molecule has 134 valence electrons. The number of nitrogens with zero attached hydrogens (tertiary/aromatic N) is 4. The van der Waals surface area contributed by atoms with Crippen LogP contribution in [-0.2, 0) is 20.0 Å². The second-order valence-electron chi connectivity index (χ2n) is 6.96. The van der Waals surface area contributed by atoms with Gasteiger partial charge in [-0.25, -0.2) is 0 Å². The highest BCUT2D eigenvalue weighted by Crippen LogP contribution is 2.18. The van der Waals surface area contributed by atoms with Gasteiger partial charge in [-0.1, -0.05) is 26.0 Å². The van der Waals surface area contributed by atoms with Gasteiger partial charge in [0.25, 0.3) is 5.91 Å². The normalized spacial score (nSPS) is 18.3. The molecule has 0 bridgehead atoms. The summed E-state index contributed by atoms with van der Waals surface area (Å²) in [6.07, 6.45) is 3.39. The SMILES string of the molecule is CCc1nc(NC(=O)c2ccc(CN3CCC[C@@H](C)C3)cc2)nn1C. The van der Waals surface area contributed by atoms with E-state index in [2.05, 4.69) is 27.2 Å². The highest BCUT2D eigenvalue weighted by atomic mass is 16.1. The van der Waals surface area contributed by atoms with Crippen LogP contribution in [0.25, 0.3) is 0 Å². The number of hydrogen-bond donors (Lipinski definition) is 1. The minimum Gasteiger partial charge on any atom is -0.299 e. The van der Waals surface area contributed by atoms with Gasteiger partial charge in [0, 0.05) is 32.1 Å². The van der Waals surface area contributed by atoms with Crippen molar-refractivity contribution in [1.29, 1.82) is 0 Å². The summed E-state index contributed by atoms with van der Waals surface area (Å²) in [6.45, 7) is 7.60. The first-order chi connectivity index (χ1) is 12.0. The molecule has 0 unspecified atom stereocenters. The van der Waals surface area contributed by atoms with Crippen molar-refractivity contribution in [2.45, 2.75) is 39.7 Å². The van der Waals surface area contributed by atoms with Crippen molar-refractivity contribution in [2.75, 3.05) is 18.4 Å². The maximum Gasteiger partial charge on any atom is 0.258 e. The highest BCUT2D eigenvalue weighted by molar-refractivity contribution is 6.03. The molecule has 1 aromatic carbocycles. The predicted molar refractivity (Wildman–Crippen MR) is 98.5 cm³/mol. The van der Waals surface area contributed by atoms with Crippen molar-refractivity contribution in [1.82, 2.24) is 19.7 Å². The zero-order valence-electron chi connectivity index (χ0n) is 15.3. The lowest BCUT2D eigenvalue weighted by atomic mass is 9.99. The van der Waals surface area contributed by atoms with Gasteiger partial charge in [0.2, 0.25) is 5.95 Å². The molecule has 0 spiro atoms. The van der Waals surface area contributed by atoms with Crippen LogP contribution in [0.5, 0.6) is 0 Å². The monoisotopic (exact) mass is 341 g/mol. The average molecular weight is 341 g/mol. The quantitative estimate of drug-likeness (QED) is 0.908. The Kier molecular flexibility index (Phi) is 5.48. The van der Waals surface area contributed by atoms with E-state index >= 15 is 0 Å². The standard InChI is InChI=1S/C19H27N5O/c1-4-17-20-19(22-23(17)3)21-18(25)16-9-7-15(8-10-16)13-24-11-5-6-14(2)12-24/h7-10,14H,4-6,11-13H2,1-3H3,(H,21,22,25)/t14-/m1/s1. The van der Waals surface area contributed by atoms with Crippen molar-refractivity contribution in [3.63, 3.8) is 0 Å². The van der Waals surface area contributed by atoms with Gasteiger partial charge in [-0.05, 0) is 43.0 Å². The third-order valence-corrected chi connectivity index (χ3v) is 4.76. The number of likely N-dealkylation sites (tertiary alicyclic amines) is 1. The molecule has 1 amide bonds. The van der Waals surface area contributed by atoms with Gasteiger partial charge in [-0.3, -0.25) is 19.7 Å². The van der Waals surface area contributed by atoms with Gasteiger partial charge in [-0.2, -0.15) is 4.98 Å². The lowest BCUT2D eigenvalue weighted by molar-refractivity contribution is 0.102. The Morgan fingerprint density at radius 3 is 2.72 bits per heavy atom. The Labute approximate surface area is 149 Å². The Hall–Kier alpha value is -2.21. The first kappa shape index (κ1) is 17.6. The zero-order valence-corrected chi connectivity index (χ0v) is 15.3. The van der Waals surface area contributed by atoms with Gasteiger partial charge in [0.15, 0.2) is 0 Å². The van der Waals surface area contributed by atoms with Crippen LogP contribution in [-0.4, -0.2) is 38.7 Å². The molecule has 0 radical (unpaired) electrons. The number of carbonyl (C=O) groups is 1. The number of anilines is 1. The summed E-state index contributed by atoms with van der Waals surface area (Å²) >= 11 is 0. The molecule has 0 aliphatic carbocycles. The molecule has 6 nitrogen and oxygen atoms in total. The van der Waals surface area contributed by atoms with E-state index in [9.17, 15) is 4.79 Å². The van der Waals surface area contributed by atoms with Crippen molar-refractivity contribution in [3.8, 4) is 0 Å². The Balaban J connectivity index is 1.60. The van der Waals surface area contributed by atoms with E-state index in [1.54, 1.807) is 4.68 Å². The molecule has 6 heteroatoms. The number of nitrogens with one attached hydrogen (secondary N) is 1. The smallest absolute Gasteiger partial charge is 0.258 e. The minimum atomic E-state index is -0.175. The number of piperidine rings is 1. The third-order valence-electron chi connectivity index (χ3n) is 4.76. The first-order valence-corrected chi connectivity index (χ1v) is 9.07. The number of benzene rings is 1. The number of amides is 1. The maximum absolute atomic E-state index is 12.4. The molecule has 1 N–H and O–H groups in total. The summed E-state index contributed by atoms with van der Waals surface area (Å²) in [7, 11) is 1.83. The highest BCUT2D eigenvalue weighted by Gasteiger charge is 2.16. The van der Waals surface area contributed by atoms with Crippen LogP contribution in [0, 0.1) is 5.92 Å². The van der Waals surface area contributed by atoms with Crippen molar-refractivity contribution >= 4 is 11.9 Å². The third kappa shape index (κ3) is 4.45. The second kappa shape index (κ2) is 7.78. The molecule has 0 saturated carbocycles. The average Bonchev–Trinajstić information content (AvgIpc) is 2.95. The summed E-state index contributed by atoms with van der Waals surface area (Å²) in [5.41, 5.74) is 1.87. The van der Waals surface area contributed by atoms with E-state index in [0.717, 1.165) is 37.8 Å². The van der Waals surface area contributed by atoms with Crippen LogP contribution in [0.15, 0.2) is 24.3 Å². The molecule has 1 saturated heterocycles. The molecule has 3 rings (SSSR count). The largest absolute Gasteiger partial charge is 0.299 e. The van der Waals surface area contributed by atoms with Crippen LogP contribution in [0.3, 0.4) is 0 Å². The second-order valence-corrected chi connectivity index (χ2v) is 6.96. The maximum atomic E-state index is 12.4. The lowest BCUT2D eigenvalue weighted by Gasteiger charge is -2.30. The molecule has 1 aliphatic heterocycles. The van der Waals surface area contributed by atoms with Crippen molar-refractivity contribution in [2.24, 2.45) is 13.0 Å². The van der Waals surface area contributed by atoms with Crippen molar-refractivity contribution in [3.05, 3.63) is 41.2 Å². The fraction of sp³-hybridized carbons (Fsp3) is 0.526. The summed E-state index contributed by atoms with van der Waals surface area (Å²) < 4.78 is 1.69. The van der Waals surface area contributed by atoms with E-state index in [1.165, 1.54) is 18.4 Å². The van der Waals surface area contributed by atoms with Gasteiger partial charge in [0.05, 0.1) is 0 Å². The number of hydrogen-bond acceptors (Lipinski definition) is 4. The summed E-state index contributed by atoms with van der Waals surface area (Å²) in [4.78, 5) is 19.2. The zero-order chi connectivity index (χ0) is 17.8. The topological polar surface area (TPSA) is 63.1 Å². The molecular weight excluding hydrogens is 314 g/mol. The first-order valence-electron chi connectivity index (χ1n) is 9.07. The van der Waals surface area contributed by atoms with Crippen LogP contribution in [0.2, 0.25) is 0 Å². The van der Waals surface area contributed by atoms with Gasteiger partial charge in [-0.15, -0.1) is 5.10 Å². The molecule has 1 fully saturated rings. The number of rotatable bonds is 5. The summed E-state index contributed by atoms with van der Waals surface area (Å²) in [5, 5.41) is 6.98. The molecule has 25 heavy (non-hydrogen) atoms. The number of aryl methyl sites for hydroxylation is 2. The van der Waals surface area contributed by atoms with Crippen LogP contribution in [0.4, 0.5) is 5.95 Å². The molecule has 2 heterocycles. The number of carbonyl (C=O) groups excluding carboxylic acids is 1. The molecule has 2 aromatic rings. The Morgan fingerprint density at radius 1 is 1.32 bits per heavy atom. The minimum absolute atomic E-state index is 0.175. The fourth-order valence-electron chi connectivity index (χ4n) is 3.40. The molecule has 1 atom stereocenters. The summed E-state index contributed by atoms with van der Waals surface area (Å²) in [6, 6.07) is 7.83. The fourth-order valence-corrected chi connectivity index (χ4v) is 3.40. The van der Waals surface area contributed by atoms with E-state index < -0.39 is 0 Å². The van der Waals surface area contributed by atoms with Gasteiger partial charge >= 0.3 is 0 Å². The Morgan fingerprint density at radius 2 is 2.08 bits per heavy atom. The molecule has 1 aromatic heterocycles. The van der Waals surface area contributed by atoms with E-state index in [-0.39, 0.29) is 5.91 Å². The van der Waals surface area contributed by atoms with Gasteiger partial charge in [0.1, 0.15) is 5.82 Å². The van der Waals surface area contributed by atoms with E-state index in [0.29, 0.717) is 11.5 Å². The van der Waals surface area contributed by atoms with Crippen LogP contribution < -0.4 is 5.32 Å². The van der Waals surface area contributed by atoms with Gasteiger partial charge < -0.3 is 0 Å². The predicted octanol–water partition coefficient (Wildman–Crippen LogP) is 2.86. The van der Waals surface area contributed by atoms with Crippen LogP contribution in [0.1, 0.15) is 48.4 Å². The lowest BCUT2D eigenvalue weighted by Crippen LogP contribution is -2.33.